The molecule has 0 spiro atoms. The van der Waals surface area contributed by atoms with E-state index in [1.165, 1.54) is 5.56 Å². The molecule has 1 N–H and O–H groups in total. The average Bonchev–Trinajstić information content (AvgIpc) is 2.61. The number of carbonyl (C=O) groups excluding carboxylic acids is 1. The molecule has 0 fully saturated rings. The molecule has 2 rings (SSSR count). The zero-order chi connectivity index (χ0) is 18.3. The van der Waals surface area contributed by atoms with E-state index in [0.717, 1.165) is 17.7 Å². The molecule has 0 saturated carbocycles. The average molecular weight is 339 g/mol. The number of amides is 1. The summed E-state index contributed by atoms with van der Waals surface area (Å²) in [4.78, 5) is 12.4. The van der Waals surface area contributed by atoms with Gasteiger partial charge in [0.05, 0.1) is 6.10 Å². The van der Waals surface area contributed by atoms with Crippen molar-refractivity contribution in [2.45, 2.75) is 58.6 Å². The molecule has 0 bridgehead atoms. The van der Waals surface area contributed by atoms with Crippen molar-refractivity contribution in [1.82, 2.24) is 5.32 Å². The molecular formula is C22H29NO2. The molecule has 0 aliphatic heterocycles. The summed E-state index contributed by atoms with van der Waals surface area (Å²) in [5.41, 5.74) is 2.14. The number of nitrogens with one attached hydrogen (secondary N) is 1. The first-order chi connectivity index (χ1) is 11.9. The predicted octanol–water partition coefficient (Wildman–Crippen LogP) is 4.85. The predicted molar refractivity (Wildman–Crippen MR) is 103 cm³/mol. The third-order valence-corrected chi connectivity index (χ3v) is 4.59. The fourth-order valence-corrected chi connectivity index (χ4v) is 2.85. The monoisotopic (exact) mass is 339 g/mol. The Balaban J connectivity index is 1.91. The van der Waals surface area contributed by atoms with Gasteiger partial charge in [-0.15, -0.1) is 0 Å². The number of benzene rings is 2. The highest BCUT2D eigenvalue weighted by molar-refractivity contribution is 5.77. The van der Waals surface area contributed by atoms with Crippen LogP contribution in [0.1, 0.15) is 51.7 Å². The summed E-state index contributed by atoms with van der Waals surface area (Å²) in [6.07, 6.45) is 1.57. The van der Waals surface area contributed by atoms with Crippen molar-refractivity contribution in [2.24, 2.45) is 0 Å². The molecule has 0 aromatic heterocycles. The Morgan fingerprint density at radius 3 is 2.28 bits per heavy atom. The Morgan fingerprint density at radius 2 is 1.72 bits per heavy atom. The summed E-state index contributed by atoms with van der Waals surface area (Å²) >= 11 is 0. The van der Waals surface area contributed by atoms with Crippen LogP contribution in [0, 0.1) is 0 Å². The summed E-state index contributed by atoms with van der Waals surface area (Å²) in [5.74, 6) is 0.934. The highest BCUT2D eigenvalue weighted by Crippen LogP contribution is 2.31. The zero-order valence-electron chi connectivity index (χ0n) is 15.7. The van der Waals surface area contributed by atoms with Crippen molar-refractivity contribution in [3.05, 3.63) is 65.7 Å². The minimum Gasteiger partial charge on any atom is -0.491 e. The lowest BCUT2D eigenvalue weighted by Gasteiger charge is -2.28. The molecule has 0 saturated heterocycles. The van der Waals surface area contributed by atoms with Crippen molar-refractivity contribution in [3.8, 4) is 5.75 Å². The highest BCUT2D eigenvalue weighted by Gasteiger charge is 2.27. The third kappa shape index (κ3) is 5.63. The van der Waals surface area contributed by atoms with Crippen LogP contribution in [0.5, 0.6) is 5.75 Å². The van der Waals surface area contributed by atoms with E-state index in [-0.39, 0.29) is 17.4 Å². The summed E-state index contributed by atoms with van der Waals surface area (Å²) in [5, 5.41) is 3.04. The number of hydrogen-bond acceptors (Lipinski definition) is 2. The molecule has 0 heterocycles. The van der Waals surface area contributed by atoms with Gasteiger partial charge in [0.1, 0.15) is 5.75 Å². The fraction of sp³-hybridized carbons (Fsp3) is 0.409. The Labute approximate surface area is 151 Å². The molecule has 0 aliphatic rings. The van der Waals surface area contributed by atoms with Gasteiger partial charge in [-0.2, -0.15) is 0 Å². The van der Waals surface area contributed by atoms with E-state index < -0.39 is 0 Å². The van der Waals surface area contributed by atoms with Crippen molar-refractivity contribution in [1.29, 1.82) is 0 Å². The topological polar surface area (TPSA) is 38.3 Å². The maximum Gasteiger partial charge on any atom is 0.221 e. The van der Waals surface area contributed by atoms with Gasteiger partial charge in [-0.1, -0.05) is 56.3 Å². The molecule has 3 nitrogen and oxygen atoms in total. The lowest BCUT2D eigenvalue weighted by Crippen LogP contribution is -2.32. The molecule has 1 atom stereocenters. The Bertz CT molecular complexity index is 664. The zero-order valence-corrected chi connectivity index (χ0v) is 15.7. The fourth-order valence-electron chi connectivity index (χ4n) is 2.85. The van der Waals surface area contributed by atoms with Gasteiger partial charge in [0, 0.05) is 18.4 Å². The van der Waals surface area contributed by atoms with Gasteiger partial charge in [0.15, 0.2) is 0 Å². The van der Waals surface area contributed by atoms with Crippen molar-refractivity contribution in [3.63, 3.8) is 0 Å². The quantitative estimate of drug-likeness (QED) is 0.747. The lowest BCUT2D eigenvalue weighted by atomic mass is 9.77. The SMILES string of the molecule is CCC(C)(CC(=O)NCc1ccc(OC(C)C)cc1)c1ccccc1. The van der Waals surface area contributed by atoms with Crippen molar-refractivity contribution < 1.29 is 9.53 Å². The Morgan fingerprint density at radius 1 is 1.08 bits per heavy atom. The molecule has 3 heteroatoms. The second-order valence-electron chi connectivity index (χ2n) is 7.04. The molecule has 2 aromatic rings. The van der Waals surface area contributed by atoms with E-state index in [4.69, 9.17) is 4.74 Å². The van der Waals surface area contributed by atoms with Crippen LogP contribution in [0.4, 0.5) is 0 Å². The van der Waals surface area contributed by atoms with Gasteiger partial charge in [-0.3, -0.25) is 4.79 Å². The van der Waals surface area contributed by atoms with Gasteiger partial charge >= 0.3 is 0 Å². The largest absolute Gasteiger partial charge is 0.491 e. The Kier molecular flexibility index (Phi) is 6.63. The lowest BCUT2D eigenvalue weighted by molar-refractivity contribution is -0.122. The summed E-state index contributed by atoms with van der Waals surface area (Å²) < 4.78 is 5.64. The molecule has 134 valence electrons. The van der Waals surface area contributed by atoms with Crippen LogP contribution in [0.25, 0.3) is 0 Å². The normalized spacial score (nSPS) is 13.3. The maximum absolute atomic E-state index is 12.4. The van der Waals surface area contributed by atoms with E-state index in [9.17, 15) is 4.79 Å². The highest BCUT2D eigenvalue weighted by atomic mass is 16.5. The number of rotatable bonds is 8. The first-order valence-electron chi connectivity index (χ1n) is 9.01. The minimum atomic E-state index is -0.139. The standard InChI is InChI=1S/C22H29NO2/c1-5-22(4,19-9-7-6-8-10-19)15-21(24)23-16-18-11-13-20(14-12-18)25-17(2)3/h6-14,17H,5,15-16H2,1-4H3,(H,23,24). The smallest absolute Gasteiger partial charge is 0.221 e. The molecular weight excluding hydrogens is 310 g/mol. The summed E-state index contributed by atoms with van der Waals surface area (Å²) in [6, 6.07) is 18.1. The van der Waals surface area contributed by atoms with Crippen LogP contribution >= 0.6 is 0 Å². The van der Waals surface area contributed by atoms with Crippen LogP contribution in [0.2, 0.25) is 0 Å². The second kappa shape index (κ2) is 8.70. The molecule has 0 radical (unpaired) electrons. The third-order valence-electron chi connectivity index (χ3n) is 4.59. The number of carbonyl (C=O) groups is 1. The van der Waals surface area contributed by atoms with Crippen LogP contribution < -0.4 is 10.1 Å². The summed E-state index contributed by atoms with van der Waals surface area (Å²) in [6.45, 7) is 8.83. The van der Waals surface area contributed by atoms with Gasteiger partial charge < -0.3 is 10.1 Å². The van der Waals surface area contributed by atoms with Crippen LogP contribution in [-0.4, -0.2) is 12.0 Å². The molecule has 2 aromatic carbocycles. The molecule has 25 heavy (non-hydrogen) atoms. The van der Waals surface area contributed by atoms with E-state index in [1.54, 1.807) is 0 Å². The first-order valence-corrected chi connectivity index (χ1v) is 9.01. The van der Waals surface area contributed by atoms with E-state index in [1.807, 2.05) is 56.3 Å². The first kappa shape index (κ1) is 19.0. The second-order valence-corrected chi connectivity index (χ2v) is 7.04. The van der Waals surface area contributed by atoms with Gasteiger partial charge in [0.25, 0.3) is 0 Å². The summed E-state index contributed by atoms with van der Waals surface area (Å²) in [7, 11) is 0. The van der Waals surface area contributed by atoms with Gasteiger partial charge in [0.2, 0.25) is 5.91 Å². The molecule has 1 amide bonds. The van der Waals surface area contributed by atoms with Gasteiger partial charge in [-0.05, 0) is 43.5 Å². The number of ether oxygens (including phenoxy) is 1. The van der Waals surface area contributed by atoms with Gasteiger partial charge in [-0.25, -0.2) is 0 Å². The van der Waals surface area contributed by atoms with E-state index >= 15 is 0 Å². The Hall–Kier alpha value is -2.29. The van der Waals surface area contributed by atoms with Crippen molar-refractivity contribution in [2.75, 3.05) is 0 Å². The van der Waals surface area contributed by atoms with Crippen LogP contribution in [0.15, 0.2) is 54.6 Å². The minimum absolute atomic E-state index is 0.0794. The molecule has 0 aliphatic carbocycles. The van der Waals surface area contributed by atoms with Crippen molar-refractivity contribution >= 4 is 5.91 Å². The molecule has 1 unspecified atom stereocenters. The number of hydrogen-bond donors (Lipinski definition) is 1. The maximum atomic E-state index is 12.4. The van der Waals surface area contributed by atoms with E-state index in [0.29, 0.717) is 13.0 Å². The van der Waals surface area contributed by atoms with Crippen LogP contribution in [-0.2, 0) is 16.8 Å². The van der Waals surface area contributed by atoms with E-state index in [2.05, 4.69) is 31.3 Å². The van der Waals surface area contributed by atoms with Crippen LogP contribution in [0.3, 0.4) is 0 Å².